The summed E-state index contributed by atoms with van der Waals surface area (Å²) in [5.41, 5.74) is 8.41. The molecule has 2 bridgehead atoms. The van der Waals surface area contributed by atoms with Gasteiger partial charge in [-0.05, 0) is 37.0 Å². The number of nitrogens with zero attached hydrogens (tertiary/aromatic N) is 3. The Hall–Kier alpha value is -3.05. The SMILES string of the molecule is CC(=O)O.CC(=O)O.Cc1cc2c(cn1)CN(C(=O)[C@H]1[C@@H]3CC[C@@]4(CN(CCN)C(=O)[C@@H]14)O3)C2. The number of carboxylic acid groups (broad SMARTS) is 2. The monoisotopic (exact) mass is 476 g/mol. The molecule has 34 heavy (non-hydrogen) atoms. The summed E-state index contributed by atoms with van der Waals surface area (Å²) in [6.45, 7) is 6.85. The fourth-order valence-electron chi connectivity index (χ4n) is 5.44. The third-order valence-electron chi connectivity index (χ3n) is 6.54. The summed E-state index contributed by atoms with van der Waals surface area (Å²) in [4.78, 5) is 52.3. The van der Waals surface area contributed by atoms with Crippen molar-refractivity contribution in [2.75, 3.05) is 19.6 Å². The lowest BCUT2D eigenvalue weighted by Crippen LogP contribution is -2.46. The first-order chi connectivity index (χ1) is 16.0. The molecule has 4 atom stereocenters. The Balaban J connectivity index is 0.000000355. The summed E-state index contributed by atoms with van der Waals surface area (Å²) < 4.78 is 6.26. The minimum Gasteiger partial charge on any atom is -0.481 e. The highest BCUT2D eigenvalue weighted by Crippen LogP contribution is 2.56. The van der Waals surface area contributed by atoms with Crippen LogP contribution in [0.2, 0.25) is 0 Å². The molecule has 3 fully saturated rings. The minimum atomic E-state index is -0.833. The van der Waals surface area contributed by atoms with Gasteiger partial charge in [-0.3, -0.25) is 24.2 Å². The Labute approximate surface area is 197 Å². The van der Waals surface area contributed by atoms with Crippen molar-refractivity contribution in [1.82, 2.24) is 14.8 Å². The van der Waals surface area contributed by atoms with Crippen molar-refractivity contribution in [2.45, 2.75) is 58.4 Å². The van der Waals surface area contributed by atoms with E-state index in [2.05, 4.69) is 4.98 Å². The second kappa shape index (κ2) is 10.1. The van der Waals surface area contributed by atoms with Gasteiger partial charge in [0.25, 0.3) is 11.9 Å². The fourth-order valence-corrected chi connectivity index (χ4v) is 5.44. The van der Waals surface area contributed by atoms with E-state index in [0.29, 0.717) is 32.7 Å². The Bertz CT molecular complexity index is 964. The van der Waals surface area contributed by atoms with E-state index in [-0.39, 0.29) is 29.8 Å². The van der Waals surface area contributed by atoms with Crippen LogP contribution >= 0.6 is 0 Å². The Morgan fingerprint density at radius 1 is 1.21 bits per heavy atom. The lowest BCUT2D eigenvalue weighted by atomic mass is 9.72. The molecule has 186 valence electrons. The molecule has 11 nitrogen and oxygen atoms in total. The van der Waals surface area contributed by atoms with Gasteiger partial charge in [0.05, 0.1) is 30.1 Å². The first-order valence-electron chi connectivity index (χ1n) is 11.3. The van der Waals surface area contributed by atoms with E-state index in [0.717, 1.165) is 43.5 Å². The van der Waals surface area contributed by atoms with Crippen molar-refractivity contribution >= 4 is 23.8 Å². The van der Waals surface area contributed by atoms with Crippen LogP contribution in [0.5, 0.6) is 0 Å². The fraction of sp³-hybridized carbons (Fsp3) is 0.609. The van der Waals surface area contributed by atoms with E-state index in [1.807, 2.05) is 24.1 Å². The van der Waals surface area contributed by atoms with Crippen molar-refractivity contribution in [3.63, 3.8) is 0 Å². The zero-order valence-electron chi connectivity index (χ0n) is 19.7. The van der Waals surface area contributed by atoms with E-state index in [1.54, 1.807) is 4.90 Å². The number of rotatable bonds is 3. The summed E-state index contributed by atoms with van der Waals surface area (Å²) >= 11 is 0. The first kappa shape index (κ1) is 25.6. The van der Waals surface area contributed by atoms with Gasteiger partial charge in [0.2, 0.25) is 11.8 Å². The number of carbonyl (C=O) groups is 4. The molecular formula is C23H32N4O7. The van der Waals surface area contributed by atoms with Crippen molar-refractivity contribution in [3.8, 4) is 0 Å². The predicted molar refractivity (Wildman–Crippen MR) is 119 cm³/mol. The standard InChI is InChI=1S/C19H24N4O3.2C2H4O2/c1-11-6-12-8-23(9-13(12)7-21-11)17(24)15-14-2-3-19(26-14)10-22(5-4-20)18(25)16(15)19;2*1-2(3)4/h6-7,14-16H,2-5,8-10,20H2,1H3;2*1H3,(H,3,4)/t14-,15-,16+,19-;;/m0../s1. The highest BCUT2D eigenvalue weighted by molar-refractivity contribution is 5.92. The largest absolute Gasteiger partial charge is 0.481 e. The number of amides is 2. The minimum absolute atomic E-state index is 0.0465. The molecule has 4 N–H and O–H groups in total. The second-order valence-corrected chi connectivity index (χ2v) is 9.14. The number of likely N-dealkylation sites (tertiary alicyclic amines) is 1. The number of carboxylic acids is 2. The molecule has 2 amide bonds. The Morgan fingerprint density at radius 3 is 2.44 bits per heavy atom. The summed E-state index contributed by atoms with van der Waals surface area (Å²) in [5.74, 6) is -2.27. The smallest absolute Gasteiger partial charge is 0.300 e. The zero-order chi connectivity index (χ0) is 25.2. The normalized spacial score (nSPS) is 27.9. The molecule has 11 heteroatoms. The highest BCUT2D eigenvalue weighted by Gasteiger charge is 2.69. The maximum Gasteiger partial charge on any atom is 0.300 e. The molecule has 4 aliphatic rings. The van der Waals surface area contributed by atoms with Crippen LogP contribution in [0.3, 0.4) is 0 Å². The van der Waals surface area contributed by atoms with Gasteiger partial charge in [0.15, 0.2) is 0 Å². The third kappa shape index (κ3) is 5.05. The number of hydrogen-bond acceptors (Lipinski definition) is 7. The lowest BCUT2D eigenvalue weighted by molar-refractivity contribution is -0.144. The number of aromatic nitrogens is 1. The molecule has 0 unspecified atom stereocenters. The van der Waals surface area contributed by atoms with E-state index in [4.69, 9.17) is 30.3 Å². The van der Waals surface area contributed by atoms with Crippen molar-refractivity contribution in [2.24, 2.45) is 17.6 Å². The lowest BCUT2D eigenvalue weighted by Gasteiger charge is -2.30. The molecule has 1 spiro atoms. The van der Waals surface area contributed by atoms with Crippen LogP contribution in [0.1, 0.15) is 43.5 Å². The molecular weight excluding hydrogens is 444 g/mol. The highest BCUT2D eigenvalue weighted by atomic mass is 16.5. The van der Waals surface area contributed by atoms with Crippen molar-refractivity contribution in [1.29, 1.82) is 0 Å². The second-order valence-electron chi connectivity index (χ2n) is 9.14. The molecule has 0 aliphatic carbocycles. The number of pyridine rings is 1. The number of aliphatic carboxylic acids is 2. The Kier molecular flexibility index (Phi) is 7.57. The van der Waals surface area contributed by atoms with Gasteiger partial charge >= 0.3 is 0 Å². The third-order valence-corrected chi connectivity index (χ3v) is 6.54. The van der Waals surface area contributed by atoms with Gasteiger partial charge in [-0.15, -0.1) is 0 Å². The molecule has 1 aromatic rings. The van der Waals surface area contributed by atoms with Crippen LogP contribution in [0.4, 0.5) is 0 Å². The van der Waals surface area contributed by atoms with E-state index < -0.39 is 17.5 Å². The van der Waals surface area contributed by atoms with Crippen LogP contribution in [0.25, 0.3) is 0 Å². The molecule has 0 saturated carbocycles. The number of carbonyl (C=O) groups excluding carboxylic acids is 2. The average Bonchev–Trinajstić information content (AvgIpc) is 3.46. The number of hydrogen-bond donors (Lipinski definition) is 3. The van der Waals surface area contributed by atoms with E-state index >= 15 is 0 Å². The van der Waals surface area contributed by atoms with Crippen LogP contribution in [-0.2, 0) is 37.0 Å². The van der Waals surface area contributed by atoms with Gasteiger partial charge in [-0.25, -0.2) is 0 Å². The van der Waals surface area contributed by atoms with Gasteiger partial charge in [-0.1, -0.05) is 0 Å². The molecule has 5 heterocycles. The van der Waals surface area contributed by atoms with Gasteiger partial charge in [0, 0.05) is 51.9 Å². The van der Waals surface area contributed by atoms with Crippen LogP contribution < -0.4 is 5.73 Å². The van der Waals surface area contributed by atoms with Gasteiger partial charge in [-0.2, -0.15) is 0 Å². The molecule has 0 aromatic carbocycles. The number of aryl methyl sites for hydroxylation is 1. The summed E-state index contributed by atoms with van der Waals surface area (Å²) in [6.07, 6.45) is 3.46. The van der Waals surface area contributed by atoms with Gasteiger partial charge in [0.1, 0.15) is 0 Å². The topological polar surface area (TPSA) is 163 Å². The van der Waals surface area contributed by atoms with Crippen LogP contribution in [-0.4, -0.2) is 80.1 Å². The summed E-state index contributed by atoms with van der Waals surface area (Å²) in [5, 5.41) is 14.8. The quantitative estimate of drug-likeness (QED) is 0.559. The summed E-state index contributed by atoms with van der Waals surface area (Å²) in [7, 11) is 0. The maximum atomic E-state index is 13.4. The Morgan fingerprint density at radius 2 is 1.82 bits per heavy atom. The van der Waals surface area contributed by atoms with Crippen LogP contribution in [0.15, 0.2) is 12.3 Å². The average molecular weight is 477 g/mol. The zero-order valence-corrected chi connectivity index (χ0v) is 19.7. The van der Waals surface area contributed by atoms with E-state index in [9.17, 15) is 9.59 Å². The van der Waals surface area contributed by atoms with Crippen LogP contribution in [0, 0.1) is 18.8 Å². The number of ether oxygens (including phenoxy) is 1. The molecule has 5 rings (SSSR count). The molecule has 4 aliphatic heterocycles. The summed E-state index contributed by atoms with van der Waals surface area (Å²) in [6, 6.07) is 2.05. The van der Waals surface area contributed by atoms with E-state index in [1.165, 1.54) is 0 Å². The molecule has 3 saturated heterocycles. The number of nitrogens with two attached hydrogens (primary N) is 1. The molecule has 1 aromatic heterocycles. The first-order valence-corrected chi connectivity index (χ1v) is 11.3. The van der Waals surface area contributed by atoms with Gasteiger partial charge < -0.3 is 30.5 Å². The molecule has 0 radical (unpaired) electrons. The number of fused-ring (bicyclic) bond motifs is 2. The predicted octanol–water partition coefficient (Wildman–Crippen LogP) is 0.379. The maximum absolute atomic E-state index is 13.4. The van der Waals surface area contributed by atoms with Crippen molar-refractivity contribution in [3.05, 3.63) is 29.1 Å². The van der Waals surface area contributed by atoms with Crippen molar-refractivity contribution < 1.29 is 34.1 Å².